The first-order valence-electron chi connectivity index (χ1n) is 29.0. The zero-order valence-electron chi connectivity index (χ0n) is 46.1. The Labute approximate surface area is 453 Å². The van der Waals surface area contributed by atoms with Gasteiger partial charge in [0, 0.05) is 5.92 Å². The first-order valence-corrected chi connectivity index (χ1v) is 29.0. The summed E-state index contributed by atoms with van der Waals surface area (Å²) in [6, 6.07) is 47.1. The molecule has 5 aromatic rings. The second-order valence-electron chi connectivity index (χ2n) is 21.7. The lowest BCUT2D eigenvalue weighted by Gasteiger charge is -2.36. The summed E-state index contributed by atoms with van der Waals surface area (Å²) in [5.74, 6) is 5.11. The topological polar surface area (TPSA) is 121 Å². The molecular weight excluding hydrogens is 917 g/mol. The van der Waals surface area contributed by atoms with E-state index >= 15 is 0 Å². The Bertz CT molecular complexity index is 2530. The second-order valence-corrected chi connectivity index (χ2v) is 21.7. The van der Waals surface area contributed by atoms with Gasteiger partial charge in [-0.05, 0) is 196 Å². The number of ether oxygens (including phenoxy) is 1. The number of aryl methyl sites for hydroxylation is 2. The van der Waals surface area contributed by atoms with E-state index in [0.29, 0.717) is 28.4 Å². The first kappa shape index (κ1) is 59.4. The van der Waals surface area contributed by atoms with Crippen LogP contribution >= 0.6 is 0 Å². The van der Waals surface area contributed by atoms with E-state index in [-0.39, 0.29) is 0 Å². The van der Waals surface area contributed by atoms with Gasteiger partial charge in [-0.3, -0.25) is 0 Å². The van der Waals surface area contributed by atoms with Gasteiger partial charge in [-0.1, -0.05) is 164 Å². The Morgan fingerprint density at radius 1 is 0.480 bits per heavy atom. The van der Waals surface area contributed by atoms with Crippen molar-refractivity contribution in [3.8, 4) is 41.2 Å². The minimum absolute atomic E-state index is 0.377. The number of nitriles is 4. The van der Waals surface area contributed by atoms with Crippen molar-refractivity contribution in [3.63, 3.8) is 0 Å². The molecule has 0 heterocycles. The molecule has 0 N–H and O–H groups in total. The molecule has 75 heavy (non-hydrogen) atoms. The summed E-state index contributed by atoms with van der Waals surface area (Å²) in [6.07, 6.45) is 32.8. The maximum Gasteiger partial charge on any atom is 0.343 e. The van der Waals surface area contributed by atoms with Crippen molar-refractivity contribution in [2.45, 2.75) is 188 Å². The van der Waals surface area contributed by atoms with E-state index < -0.39 is 5.97 Å². The maximum absolute atomic E-state index is 11.8. The van der Waals surface area contributed by atoms with Crippen LogP contribution in [-0.2, 0) is 6.42 Å². The molecule has 0 radical (unpaired) electrons. The number of hydrogen-bond acceptors (Lipinski definition) is 6. The number of carbonyl (C=O) groups excluding carboxylic acids is 1. The quantitative estimate of drug-likeness (QED) is 0.0519. The standard InChI is InChI=1S/C18H31N.C18H25N.C18H19N.C15H11NO2/c3*1-2-3-4-5-15-6-10-17(11-7-15)18-12-8-16(14-19)9-13-18;1-11-2-6-13(7-3-11)15(17)18-14-8-4-12(10-16)5-9-14/h15-18H,2-13H2,1H3;8-9,12-13,15,17H,2-7,10-11H2,1H3;6-13H,2-5H2,1H3;2-9H,1H3. The van der Waals surface area contributed by atoms with E-state index in [2.05, 4.69) is 75.4 Å². The van der Waals surface area contributed by atoms with Crippen LogP contribution in [0.3, 0.4) is 0 Å². The molecule has 0 aromatic heterocycles. The summed E-state index contributed by atoms with van der Waals surface area (Å²) >= 11 is 0. The normalized spacial score (nSPS) is 19.7. The molecule has 6 heteroatoms. The lowest BCUT2D eigenvalue weighted by Crippen LogP contribution is -2.25. The monoisotopic (exact) mass is 1000 g/mol. The van der Waals surface area contributed by atoms with Gasteiger partial charge in [-0.15, -0.1) is 0 Å². The summed E-state index contributed by atoms with van der Waals surface area (Å²) in [4.78, 5) is 11.8. The summed E-state index contributed by atoms with van der Waals surface area (Å²) in [6.45, 7) is 8.76. The highest BCUT2D eigenvalue weighted by molar-refractivity contribution is 5.91. The fraction of sp³-hybridized carbons (Fsp3) is 0.493. The maximum atomic E-state index is 11.8. The zero-order chi connectivity index (χ0) is 53.5. The van der Waals surface area contributed by atoms with Gasteiger partial charge in [-0.2, -0.15) is 21.0 Å². The Hall–Kier alpha value is -6.47. The van der Waals surface area contributed by atoms with E-state index in [1.807, 2.05) is 61.5 Å². The molecule has 0 unspecified atom stereocenters. The van der Waals surface area contributed by atoms with Crippen LogP contribution in [0.5, 0.6) is 5.75 Å². The van der Waals surface area contributed by atoms with Crippen LogP contribution in [0.25, 0.3) is 11.1 Å². The molecule has 0 bridgehead atoms. The molecule has 3 fully saturated rings. The van der Waals surface area contributed by atoms with Gasteiger partial charge in [0.25, 0.3) is 0 Å². The molecule has 5 aromatic carbocycles. The zero-order valence-corrected chi connectivity index (χ0v) is 46.1. The lowest BCUT2D eigenvalue weighted by molar-refractivity contribution is 0.0734. The van der Waals surface area contributed by atoms with Gasteiger partial charge in [0.2, 0.25) is 0 Å². The third-order valence-corrected chi connectivity index (χ3v) is 16.2. The van der Waals surface area contributed by atoms with Crippen LogP contribution in [0, 0.1) is 81.8 Å². The van der Waals surface area contributed by atoms with Gasteiger partial charge in [0.15, 0.2) is 0 Å². The molecule has 0 spiro atoms. The molecule has 0 saturated heterocycles. The van der Waals surface area contributed by atoms with Gasteiger partial charge < -0.3 is 4.74 Å². The van der Waals surface area contributed by atoms with Crippen LogP contribution in [0.4, 0.5) is 0 Å². The van der Waals surface area contributed by atoms with E-state index in [0.717, 1.165) is 40.7 Å². The highest BCUT2D eigenvalue weighted by Gasteiger charge is 2.30. The first-order chi connectivity index (χ1) is 36.7. The van der Waals surface area contributed by atoms with Crippen molar-refractivity contribution in [2.24, 2.45) is 29.6 Å². The van der Waals surface area contributed by atoms with Crippen LogP contribution in [-0.4, -0.2) is 5.97 Å². The smallest absolute Gasteiger partial charge is 0.343 e. The minimum Gasteiger partial charge on any atom is -0.423 e. The Kier molecular flexibility index (Phi) is 27.1. The van der Waals surface area contributed by atoms with Crippen LogP contribution in [0.15, 0.2) is 121 Å². The molecule has 0 amide bonds. The summed E-state index contributed by atoms with van der Waals surface area (Å²) in [5.41, 5.74) is 8.83. The Balaban J connectivity index is 0.000000185. The molecular formula is C69H86N4O2. The molecule has 3 aliphatic carbocycles. The number of nitrogens with zero attached hydrogens (tertiary/aromatic N) is 4. The van der Waals surface area contributed by atoms with Gasteiger partial charge in [0.1, 0.15) is 5.75 Å². The molecule has 6 nitrogen and oxygen atoms in total. The Morgan fingerprint density at radius 3 is 1.37 bits per heavy atom. The number of carbonyl (C=O) groups is 1. The van der Waals surface area contributed by atoms with Gasteiger partial charge in [0.05, 0.1) is 46.5 Å². The predicted molar refractivity (Wildman–Crippen MR) is 308 cm³/mol. The number of esters is 1. The minimum atomic E-state index is -0.403. The van der Waals surface area contributed by atoms with Gasteiger partial charge >= 0.3 is 5.97 Å². The average Bonchev–Trinajstić information content (AvgIpc) is 3.47. The summed E-state index contributed by atoms with van der Waals surface area (Å²) in [5, 5.41) is 35.2. The van der Waals surface area contributed by atoms with E-state index in [1.165, 1.54) is 176 Å². The molecule has 394 valence electrons. The largest absolute Gasteiger partial charge is 0.423 e. The Morgan fingerprint density at radius 2 is 0.907 bits per heavy atom. The molecule has 0 atom stereocenters. The van der Waals surface area contributed by atoms with Gasteiger partial charge in [-0.25, -0.2) is 4.79 Å². The van der Waals surface area contributed by atoms with Crippen molar-refractivity contribution in [2.75, 3.05) is 0 Å². The van der Waals surface area contributed by atoms with Crippen molar-refractivity contribution >= 4 is 5.97 Å². The number of unbranched alkanes of at least 4 members (excludes halogenated alkanes) is 6. The van der Waals surface area contributed by atoms with E-state index in [1.54, 1.807) is 36.4 Å². The summed E-state index contributed by atoms with van der Waals surface area (Å²) < 4.78 is 5.19. The van der Waals surface area contributed by atoms with Crippen LogP contribution in [0.1, 0.15) is 218 Å². The van der Waals surface area contributed by atoms with Crippen molar-refractivity contribution in [3.05, 3.63) is 160 Å². The van der Waals surface area contributed by atoms with Crippen molar-refractivity contribution in [1.29, 1.82) is 21.0 Å². The number of rotatable bonds is 17. The van der Waals surface area contributed by atoms with Crippen LogP contribution < -0.4 is 4.74 Å². The fourth-order valence-corrected chi connectivity index (χ4v) is 11.3. The molecule has 0 aliphatic heterocycles. The van der Waals surface area contributed by atoms with Crippen molar-refractivity contribution < 1.29 is 9.53 Å². The SMILES string of the molecule is CCCCCC1CCC(C2CCC(C#N)CC2)CC1.CCCCCC1CCC(c2ccc(C#N)cc2)CC1.CCCCCc1ccc(-c2ccc(C#N)cc2)cc1.Cc1ccc(C(=O)Oc2ccc(C#N)cc2)cc1. The fourth-order valence-electron chi connectivity index (χ4n) is 11.3. The predicted octanol–water partition coefficient (Wildman–Crippen LogP) is 19.2. The highest BCUT2D eigenvalue weighted by Crippen LogP contribution is 2.42. The second kappa shape index (κ2) is 34.2. The summed E-state index contributed by atoms with van der Waals surface area (Å²) in [7, 11) is 0. The highest BCUT2D eigenvalue weighted by atomic mass is 16.5. The number of hydrogen-bond donors (Lipinski definition) is 0. The van der Waals surface area contributed by atoms with Crippen molar-refractivity contribution in [1.82, 2.24) is 0 Å². The van der Waals surface area contributed by atoms with E-state index in [9.17, 15) is 4.79 Å². The third-order valence-electron chi connectivity index (χ3n) is 16.2. The molecule has 3 aliphatic rings. The van der Waals surface area contributed by atoms with E-state index in [4.69, 9.17) is 25.8 Å². The molecule has 3 saturated carbocycles. The lowest BCUT2D eigenvalue weighted by atomic mass is 9.69. The third kappa shape index (κ3) is 21.4. The van der Waals surface area contributed by atoms with Crippen LogP contribution in [0.2, 0.25) is 0 Å². The number of benzene rings is 5. The average molecular weight is 1000 g/mol. The molecule has 8 rings (SSSR count).